The first kappa shape index (κ1) is 9.67. The van der Waals surface area contributed by atoms with E-state index in [4.69, 9.17) is 0 Å². The van der Waals surface area contributed by atoms with Gasteiger partial charge in [0.1, 0.15) is 5.75 Å². The second kappa shape index (κ2) is 4.57. The zero-order valence-corrected chi connectivity index (χ0v) is 7.95. The molecule has 1 rings (SSSR count). The summed E-state index contributed by atoms with van der Waals surface area (Å²) >= 11 is 0. The summed E-state index contributed by atoms with van der Waals surface area (Å²) in [6, 6.07) is 0.237. The molecule has 1 aliphatic rings. The maximum atomic E-state index is 11.1. The van der Waals surface area contributed by atoms with E-state index < -0.39 is 10.8 Å². The molecule has 0 aromatic carbocycles. The summed E-state index contributed by atoms with van der Waals surface area (Å²) in [6.45, 7) is 1.79. The molecule has 12 heavy (non-hydrogen) atoms. The highest BCUT2D eigenvalue weighted by Crippen LogP contribution is 1.96. The highest BCUT2D eigenvalue weighted by atomic mass is 32.2. The van der Waals surface area contributed by atoms with E-state index in [1.807, 2.05) is 0 Å². The molecule has 1 aliphatic heterocycles. The molecular weight excluding hydrogens is 176 g/mol. The third kappa shape index (κ3) is 3.32. The molecule has 2 atom stereocenters. The minimum Gasteiger partial charge on any atom is -0.351 e. The molecule has 2 N–H and O–H groups in total. The van der Waals surface area contributed by atoms with E-state index in [-0.39, 0.29) is 17.7 Å². The van der Waals surface area contributed by atoms with E-state index in [0.717, 1.165) is 19.5 Å². The molecule has 1 heterocycles. The van der Waals surface area contributed by atoms with Gasteiger partial charge in [0, 0.05) is 29.6 Å². The number of carbonyl (C=O) groups excluding carboxylic acids is 1. The fraction of sp³-hybridized carbons (Fsp3) is 0.857. The Kier molecular flexibility index (Phi) is 3.68. The average Bonchev–Trinajstić information content (AvgIpc) is 2.37. The van der Waals surface area contributed by atoms with Crippen LogP contribution in [0.25, 0.3) is 0 Å². The van der Waals surface area contributed by atoms with Crippen LogP contribution in [0.1, 0.15) is 6.42 Å². The maximum Gasteiger partial charge on any atom is 0.232 e. The van der Waals surface area contributed by atoms with E-state index in [9.17, 15) is 9.00 Å². The van der Waals surface area contributed by atoms with Crippen LogP contribution in [0.4, 0.5) is 0 Å². The minimum atomic E-state index is -1.03. The summed E-state index contributed by atoms with van der Waals surface area (Å²) < 4.78 is 10.7. The summed E-state index contributed by atoms with van der Waals surface area (Å²) in [5.74, 6) is 0.0146. The smallest absolute Gasteiger partial charge is 0.232 e. The number of carbonyl (C=O) groups is 1. The van der Waals surface area contributed by atoms with Crippen molar-refractivity contribution in [2.45, 2.75) is 12.5 Å². The topological polar surface area (TPSA) is 58.2 Å². The van der Waals surface area contributed by atoms with Gasteiger partial charge in [-0.2, -0.15) is 0 Å². The van der Waals surface area contributed by atoms with Gasteiger partial charge in [-0.3, -0.25) is 9.00 Å². The Morgan fingerprint density at radius 1 is 1.75 bits per heavy atom. The number of nitrogens with one attached hydrogen (secondary N) is 2. The molecule has 4 nitrogen and oxygen atoms in total. The lowest BCUT2D eigenvalue weighted by Gasteiger charge is -2.09. The zero-order chi connectivity index (χ0) is 8.97. The second-order valence-electron chi connectivity index (χ2n) is 2.97. The Balaban J connectivity index is 2.20. The van der Waals surface area contributed by atoms with Gasteiger partial charge in [-0.1, -0.05) is 0 Å². The van der Waals surface area contributed by atoms with Crippen molar-refractivity contribution < 1.29 is 9.00 Å². The zero-order valence-electron chi connectivity index (χ0n) is 7.13. The molecule has 0 spiro atoms. The monoisotopic (exact) mass is 190 g/mol. The van der Waals surface area contributed by atoms with Crippen LogP contribution in [-0.2, 0) is 15.6 Å². The summed E-state index contributed by atoms with van der Waals surface area (Å²) in [4.78, 5) is 11.1. The summed E-state index contributed by atoms with van der Waals surface area (Å²) in [5, 5.41) is 5.96. The van der Waals surface area contributed by atoms with Crippen molar-refractivity contribution in [2.24, 2.45) is 0 Å². The first-order valence-corrected chi connectivity index (χ1v) is 5.71. The molecule has 1 fully saturated rings. The second-order valence-corrected chi connectivity index (χ2v) is 4.41. The summed E-state index contributed by atoms with van der Waals surface area (Å²) in [7, 11) is -1.03. The van der Waals surface area contributed by atoms with Crippen molar-refractivity contribution in [3.8, 4) is 0 Å². The van der Waals surface area contributed by atoms with Crippen LogP contribution in [0.3, 0.4) is 0 Å². The van der Waals surface area contributed by atoms with Gasteiger partial charge < -0.3 is 10.6 Å². The van der Waals surface area contributed by atoms with Gasteiger partial charge in [-0.05, 0) is 13.0 Å². The first-order chi connectivity index (χ1) is 5.68. The van der Waals surface area contributed by atoms with Crippen molar-refractivity contribution in [1.29, 1.82) is 0 Å². The van der Waals surface area contributed by atoms with Gasteiger partial charge >= 0.3 is 0 Å². The molecule has 5 heteroatoms. The Morgan fingerprint density at radius 2 is 2.50 bits per heavy atom. The van der Waals surface area contributed by atoms with Crippen molar-refractivity contribution in [1.82, 2.24) is 10.6 Å². The third-order valence-corrected chi connectivity index (χ3v) is 2.43. The number of hydrogen-bond donors (Lipinski definition) is 2. The number of amides is 1. The van der Waals surface area contributed by atoms with E-state index in [1.165, 1.54) is 6.26 Å². The van der Waals surface area contributed by atoms with Crippen LogP contribution in [-0.4, -0.2) is 41.3 Å². The first-order valence-electron chi connectivity index (χ1n) is 3.98. The highest BCUT2D eigenvalue weighted by Gasteiger charge is 2.16. The Labute approximate surface area is 74.6 Å². The van der Waals surface area contributed by atoms with Gasteiger partial charge in [0.25, 0.3) is 0 Å². The van der Waals surface area contributed by atoms with Crippen LogP contribution in [0.15, 0.2) is 0 Å². The quantitative estimate of drug-likeness (QED) is 0.590. The van der Waals surface area contributed by atoms with Crippen LogP contribution in [0.5, 0.6) is 0 Å². The molecule has 1 amide bonds. The van der Waals surface area contributed by atoms with Crippen LogP contribution in [0, 0.1) is 0 Å². The lowest BCUT2D eigenvalue weighted by Crippen LogP contribution is -2.38. The van der Waals surface area contributed by atoms with Gasteiger partial charge in [0.15, 0.2) is 0 Å². The van der Waals surface area contributed by atoms with Gasteiger partial charge in [0.05, 0.1) is 0 Å². The predicted molar refractivity (Wildman–Crippen MR) is 48.4 cm³/mol. The van der Waals surface area contributed by atoms with Gasteiger partial charge in [0.2, 0.25) is 5.91 Å². The van der Waals surface area contributed by atoms with Crippen molar-refractivity contribution in [2.75, 3.05) is 25.1 Å². The highest BCUT2D eigenvalue weighted by molar-refractivity contribution is 7.85. The SMILES string of the molecule is CS(=O)CC(=O)NC1CCNC1. The fourth-order valence-corrected chi connectivity index (χ4v) is 1.68. The third-order valence-electron chi connectivity index (χ3n) is 1.76. The van der Waals surface area contributed by atoms with E-state index in [2.05, 4.69) is 10.6 Å². The normalized spacial score (nSPS) is 25.2. The van der Waals surface area contributed by atoms with Crippen LogP contribution >= 0.6 is 0 Å². The molecule has 0 radical (unpaired) electrons. The van der Waals surface area contributed by atoms with Gasteiger partial charge in [-0.15, -0.1) is 0 Å². The number of rotatable bonds is 3. The number of hydrogen-bond acceptors (Lipinski definition) is 3. The molecule has 0 bridgehead atoms. The minimum absolute atomic E-state index is 0.107. The Bertz CT molecular complexity index is 190. The lowest BCUT2D eigenvalue weighted by atomic mass is 10.3. The molecule has 70 valence electrons. The average molecular weight is 190 g/mol. The molecule has 0 saturated carbocycles. The van der Waals surface area contributed by atoms with Crippen molar-refractivity contribution in [3.05, 3.63) is 0 Å². The van der Waals surface area contributed by atoms with Crippen molar-refractivity contribution >= 4 is 16.7 Å². The summed E-state index contributed by atoms with van der Waals surface area (Å²) in [6.07, 6.45) is 2.51. The van der Waals surface area contributed by atoms with Crippen LogP contribution in [0.2, 0.25) is 0 Å². The lowest BCUT2D eigenvalue weighted by molar-refractivity contribution is -0.119. The van der Waals surface area contributed by atoms with E-state index >= 15 is 0 Å². The standard InChI is InChI=1S/C7H14N2O2S/c1-12(11)5-7(10)9-6-2-3-8-4-6/h6,8H,2-5H2,1H3,(H,9,10). The fourth-order valence-electron chi connectivity index (χ4n) is 1.23. The molecule has 2 unspecified atom stereocenters. The Morgan fingerprint density at radius 3 is 3.00 bits per heavy atom. The largest absolute Gasteiger partial charge is 0.351 e. The molecule has 1 saturated heterocycles. The van der Waals surface area contributed by atoms with Crippen LogP contribution < -0.4 is 10.6 Å². The van der Waals surface area contributed by atoms with Crippen molar-refractivity contribution in [3.63, 3.8) is 0 Å². The predicted octanol–water partition coefficient (Wildman–Crippen LogP) is -1.16. The van der Waals surface area contributed by atoms with E-state index in [0.29, 0.717) is 0 Å². The Hall–Kier alpha value is -0.420. The maximum absolute atomic E-state index is 11.1. The van der Waals surface area contributed by atoms with E-state index in [1.54, 1.807) is 0 Å². The van der Waals surface area contributed by atoms with Gasteiger partial charge in [-0.25, -0.2) is 0 Å². The molecule has 0 aromatic heterocycles. The molecule has 0 aliphatic carbocycles. The molecular formula is C7H14N2O2S. The molecule has 0 aromatic rings. The summed E-state index contributed by atoms with van der Waals surface area (Å²) in [5.41, 5.74) is 0.